The molecule has 0 aromatic heterocycles. The molecule has 2 N–H and O–H groups in total. The molecule has 1 aliphatic heterocycles. The Morgan fingerprint density at radius 2 is 1.71 bits per heavy atom. The number of hydrogen-bond donors (Lipinski definition) is 1. The summed E-state index contributed by atoms with van der Waals surface area (Å²) in [6, 6.07) is 0.331. The molecule has 1 atom stereocenters. The van der Waals surface area contributed by atoms with Gasteiger partial charge in [-0.3, -0.25) is 0 Å². The summed E-state index contributed by atoms with van der Waals surface area (Å²) in [7, 11) is 0. The molecule has 1 aromatic rings. The maximum absolute atomic E-state index is 12.5. The number of rotatable bonds is 1. The van der Waals surface area contributed by atoms with Crippen molar-refractivity contribution in [3.8, 4) is 11.5 Å². The van der Waals surface area contributed by atoms with Gasteiger partial charge in [-0.2, -0.15) is 13.2 Å². The van der Waals surface area contributed by atoms with E-state index in [4.69, 9.17) is 26.8 Å². The van der Waals surface area contributed by atoms with Crippen LogP contribution in [0, 0.1) is 0 Å². The van der Waals surface area contributed by atoms with E-state index in [0.29, 0.717) is 12.4 Å². The normalized spacial score (nSPS) is 16.8. The third-order valence-corrected chi connectivity index (χ3v) is 2.68. The van der Waals surface area contributed by atoms with E-state index in [1.54, 1.807) is 0 Å². The SMILES string of the molecule is NC(c1cc2c(cc1Cl)OCCO2)C(F)(F)F. The molecule has 0 amide bonds. The molecule has 0 fully saturated rings. The van der Waals surface area contributed by atoms with Crippen LogP contribution < -0.4 is 15.2 Å². The van der Waals surface area contributed by atoms with Crippen molar-refractivity contribution in [2.24, 2.45) is 5.73 Å². The van der Waals surface area contributed by atoms with Crippen molar-refractivity contribution in [1.29, 1.82) is 0 Å². The number of alkyl halides is 3. The van der Waals surface area contributed by atoms with Crippen LogP contribution in [-0.4, -0.2) is 19.4 Å². The Balaban J connectivity index is 2.41. The van der Waals surface area contributed by atoms with E-state index in [1.165, 1.54) is 12.1 Å². The van der Waals surface area contributed by atoms with Gasteiger partial charge in [-0.1, -0.05) is 11.6 Å². The van der Waals surface area contributed by atoms with Crippen LogP contribution in [0.25, 0.3) is 0 Å². The number of hydrogen-bond acceptors (Lipinski definition) is 3. The standard InChI is InChI=1S/C10H9ClF3NO2/c11-6-4-8-7(16-1-2-17-8)3-5(6)9(15)10(12,13)14/h3-4,9H,1-2,15H2. The molecule has 0 bridgehead atoms. The van der Waals surface area contributed by atoms with Gasteiger partial charge in [-0.15, -0.1) is 0 Å². The Kier molecular flexibility index (Phi) is 3.09. The molecule has 94 valence electrons. The van der Waals surface area contributed by atoms with Crippen LogP contribution in [0.5, 0.6) is 11.5 Å². The fourth-order valence-corrected chi connectivity index (χ4v) is 1.77. The lowest BCUT2D eigenvalue weighted by Crippen LogP contribution is -2.29. The monoisotopic (exact) mass is 267 g/mol. The topological polar surface area (TPSA) is 44.5 Å². The average molecular weight is 268 g/mol. The van der Waals surface area contributed by atoms with E-state index < -0.39 is 12.2 Å². The second kappa shape index (κ2) is 4.27. The Hall–Kier alpha value is -1.14. The molecule has 0 spiro atoms. The van der Waals surface area contributed by atoms with E-state index in [0.717, 1.165) is 0 Å². The third-order valence-electron chi connectivity index (χ3n) is 2.35. The summed E-state index contributed by atoms with van der Waals surface area (Å²) in [5, 5.41) is -0.0842. The predicted octanol–water partition coefficient (Wildman–Crippen LogP) is 2.67. The maximum atomic E-state index is 12.5. The van der Waals surface area contributed by atoms with Crippen LogP contribution in [0.2, 0.25) is 5.02 Å². The van der Waals surface area contributed by atoms with Gasteiger partial charge in [-0.05, 0) is 6.07 Å². The van der Waals surface area contributed by atoms with Crippen LogP contribution in [-0.2, 0) is 0 Å². The van der Waals surface area contributed by atoms with Gasteiger partial charge in [0.1, 0.15) is 19.3 Å². The van der Waals surface area contributed by atoms with Gasteiger partial charge in [0, 0.05) is 16.7 Å². The highest BCUT2D eigenvalue weighted by atomic mass is 35.5. The predicted molar refractivity (Wildman–Crippen MR) is 55.4 cm³/mol. The quantitative estimate of drug-likeness (QED) is 0.851. The molecular formula is C10H9ClF3NO2. The Labute approximate surface area is 100 Å². The Bertz CT molecular complexity index is 436. The maximum Gasteiger partial charge on any atom is 0.407 e. The molecule has 1 aliphatic rings. The lowest BCUT2D eigenvalue weighted by molar-refractivity contribution is -0.149. The van der Waals surface area contributed by atoms with Crippen LogP contribution >= 0.6 is 11.6 Å². The summed E-state index contributed by atoms with van der Waals surface area (Å²) >= 11 is 5.75. The molecule has 1 aromatic carbocycles. The zero-order chi connectivity index (χ0) is 12.6. The first kappa shape index (κ1) is 12.3. The molecule has 1 unspecified atom stereocenters. The highest BCUT2D eigenvalue weighted by molar-refractivity contribution is 6.31. The second-order valence-electron chi connectivity index (χ2n) is 3.54. The highest BCUT2D eigenvalue weighted by Gasteiger charge is 2.39. The first-order valence-electron chi connectivity index (χ1n) is 4.81. The number of benzene rings is 1. The van der Waals surface area contributed by atoms with Crippen molar-refractivity contribution in [3.05, 3.63) is 22.7 Å². The smallest absolute Gasteiger partial charge is 0.407 e. The van der Waals surface area contributed by atoms with Crippen molar-refractivity contribution in [3.63, 3.8) is 0 Å². The minimum absolute atomic E-state index is 0.0842. The molecule has 17 heavy (non-hydrogen) atoms. The van der Waals surface area contributed by atoms with Gasteiger partial charge < -0.3 is 15.2 Å². The molecule has 1 heterocycles. The van der Waals surface area contributed by atoms with Gasteiger partial charge in [0.15, 0.2) is 11.5 Å². The van der Waals surface area contributed by atoms with Gasteiger partial charge in [0.05, 0.1) is 0 Å². The average Bonchev–Trinajstić information content (AvgIpc) is 2.26. The van der Waals surface area contributed by atoms with Gasteiger partial charge in [0.2, 0.25) is 0 Å². The van der Waals surface area contributed by atoms with Gasteiger partial charge in [-0.25, -0.2) is 0 Å². The van der Waals surface area contributed by atoms with Crippen LogP contribution in [0.15, 0.2) is 12.1 Å². The van der Waals surface area contributed by atoms with E-state index in [1.807, 2.05) is 0 Å². The zero-order valence-electron chi connectivity index (χ0n) is 8.55. The summed E-state index contributed by atoms with van der Waals surface area (Å²) in [6.45, 7) is 0.628. The van der Waals surface area contributed by atoms with Crippen molar-refractivity contribution < 1.29 is 22.6 Å². The summed E-state index contributed by atoms with van der Waals surface area (Å²) in [4.78, 5) is 0. The Morgan fingerprint density at radius 1 is 1.18 bits per heavy atom. The van der Waals surface area contributed by atoms with Crippen LogP contribution in [0.3, 0.4) is 0 Å². The van der Waals surface area contributed by atoms with Crippen molar-refractivity contribution in [2.45, 2.75) is 12.2 Å². The first-order chi connectivity index (χ1) is 7.89. The Morgan fingerprint density at radius 3 is 2.24 bits per heavy atom. The van der Waals surface area contributed by atoms with Crippen molar-refractivity contribution in [1.82, 2.24) is 0 Å². The summed E-state index contributed by atoms with van der Waals surface area (Å²) in [5.41, 5.74) is 4.88. The first-order valence-corrected chi connectivity index (χ1v) is 5.18. The minimum Gasteiger partial charge on any atom is -0.486 e. The van der Waals surface area contributed by atoms with Gasteiger partial charge >= 0.3 is 6.18 Å². The van der Waals surface area contributed by atoms with Crippen LogP contribution in [0.1, 0.15) is 11.6 Å². The fourth-order valence-electron chi connectivity index (χ4n) is 1.49. The number of ether oxygens (including phenoxy) is 2. The fraction of sp³-hybridized carbons (Fsp3) is 0.400. The number of halogens is 4. The molecule has 0 saturated carbocycles. The summed E-state index contributed by atoms with van der Waals surface area (Å²) < 4.78 is 47.8. The number of fused-ring (bicyclic) bond motifs is 1. The van der Waals surface area contributed by atoms with Gasteiger partial charge in [0.25, 0.3) is 0 Å². The lowest BCUT2D eigenvalue weighted by Gasteiger charge is -2.22. The second-order valence-corrected chi connectivity index (χ2v) is 3.94. The summed E-state index contributed by atoms with van der Waals surface area (Å²) in [6.07, 6.45) is -4.55. The highest BCUT2D eigenvalue weighted by Crippen LogP contribution is 2.41. The molecule has 3 nitrogen and oxygen atoms in total. The summed E-state index contributed by atoms with van der Waals surface area (Å²) in [5.74, 6) is 0.565. The molecule has 2 rings (SSSR count). The van der Waals surface area contributed by atoms with E-state index in [-0.39, 0.29) is 22.9 Å². The largest absolute Gasteiger partial charge is 0.486 e. The zero-order valence-corrected chi connectivity index (χ0v) is 9.31. The number of nitrogens with two attached hydrogens (primary N) is 1. The molecule has 0 radical (unpaired) electrons. The lowest BCUT2D eigenvalue weighted by atomic mass is 10.1. The van der Waals surface area contributed by atoms with E-state index >= 15 is 0 Å². The van der Waals surface area contributed by atoms with Crippen molar-refractivity contribution >= 4 is 11.6 Å². The molecule has 7 heteroatoms. The molecule has 0 saturated heterocycles. The minimum atomic E-state index is -4.55. The third kappa shape index (κ3) is 2.42. The van der Waals surface area contributed by atoms with E-state index in [2.05, 4.69) is 0 Å². The molecular weight excluding hydrogens is 259 g/mol. The molecule has 0 aliphatic carbocycles. The van der Waals surface area contributed by atoms with Crippen molar-refractivity contribution in [2.75, 3.05) is 13.2 Å². The van der Waals surface area contributed by atoms with E-state index in [9.17, 15) is 13.2 Å². The van der Waals surface area contributed by atoms with Crippen LogP contribution in [0.4, 0.5) is 13.2 Å².